The third-order valence-electron chi connectivity index (χ3n) is 3.31. The molecule has 0 saturated carbocycles. The highest BCUT2D eigenvalue weighted by Gasteiger charge is 2.17. The van der Waals surface area contributed by atoms with Crippen LogP contribution in [0.1, 0.15) is 22.9 Å². The van der Waals surface area contributed by atoms with Crippen LogP contribution in [0, 0.1) is 12.7 Å². The number of aromatic nitrogens is 2. The minimum atomic E-state index is -0.782. The monoisotopic (exact) mass is 264 g/mol. The topological polar surface area (TPSA) is 47.3 Å². The predicted molar refractivity (Wildman–Crippen MR) is 69.6 cm³/mol. The van der Waals surface area contributed by atoms with E-state index in [0.717, 1.165) is 5.69 Å². The molecule has 1 heterocycles. The first-order chi connectivity index (χ1) is 9.04. The first-order valence-corrected chi connectivity index (χ1v) is 6.02. The molecule has 19 heavy (non-hydrogen) atoms. The number of hydrogen-bond donors (Lipinski definition) is 1. The summed E-state index contributed by atoms with van der Waals surface area (Å²) in [7, 11) is 3.22. The minimum Gasteiger partial charge on any atom is -0.494 e. The Morgan fingerprint density at radius 3 is 2.79 bits per heavy atom. The molecule has 1 unspecified atom stereocenters. The molecule has 1 N–H and O–H groups in total. The summed E-state index contributed by atoms with van der Waals surface area (Å²) in [4.78, 5) is 0. The lowest BCUT2D eigenvalue weighted by Gasteiger charge is -2.12. The fraction of sp³-hybridized carbons (Fsp3) is 0.357. The van der Waals surface area contributed by atoms with Crippen molar-refractivity contribution in [1.82, 2.24) is 9.78 Å². The molecule has 0 saturated heterocycles. The Labute approximate surface area is 111 Å². The lowest BCUT2D eigenvalue weighted by molar-refractivity contribution is 0.176. The molecule has 1 aromatic heterocycles. The van der Waals surface area contributed by atoms with E-state index in [1.807, 2.05) is 6.92 Å². The van der Waals surface area contributed by atoms with Gasteiger partial charge < -0.3 is 9.84 Å². The van der Waals surface area contributed by atoms with Crippen molar-refractivity contribution in [2.75, 3.05) is 7.11 Å². The van der Waals surface area contributed by atoms with Gasteiger partial charge in [-0.2, -0.15) is 5.10 Å². The van der Waals surface area contributed by atoms with E-state index in [-0.39, 0.29) is 12.2 Å². The largest absolute Gasteiger partial charge is 0.494 e. The third kappa shape index (κ3) is 2.61. The van der Waals surface area contributed by atoms with Crippen LogP contribution in [0.5, 0.6) is 5.75 Å². The third-order valence-corrected chi connectivity index (χ3v) is 3.31. The molecular weight excluding hydrogens is 247 g/mol. The van der Waals surface area contributed by atoms with Crippen LogP contribution >= 0.6 is 0 Å². The second kappa shape index (κ2) is 5.40. The van der Waals surface area contributed by atoms with Crippen molar-refractivity contribution in [3.63, 3.8) is 0 Å². The standard InChI is InChI=1S/C14H17FN2O2/c1-9-11(8-16-17(9)2)12(18)7-10-5-4-6-13(19-3)14(10)15/h4-6,8,12,18H,7H2,1-3H3. The van der Waals surface area contributed by atoms with E-state index in [2.05, 4.69) is 5.10 Å². The summed E-state index contributed by atoms with van der Waals surface area (Å²) in [5.74, 6) is -0.238. The smallest absolute Gasteiger partial charge is 0.168 e. The van der Waals surface area contributed by atoms with Gasteiger partial charge in [-0.3, -0.25) is 4.68 Å². The number of hydrogen-bond acceptors (Lipinski definition) is 3. The van der Waals surface area contributed by atoms with Gasteiger partial charge in [-0.15, -0.1) is 0 Å². The Balaban J connectivity index is 2.24. The Hall–Kier alpha value is -1.88. The van der Waals surface area contributed by atoms with Crippen LogP contribution < -0.4 is 4.74 Å². The van der Waals surface area contributed by atoms with Crippen LogP contribution in [0.3, 0.4) is 0 Å². The molecule has 0 radical (unpaired) electrons. The van der Waals surface area contributed by atoms with E-state index in [0.29, 0.717) is 11.1 Å². The zero-order valence-corrected chi connectivity index (χ0v) is 11.2. The summed E-state index contributed by atoms with van der Waals surface area (Å²) < 4.78 is 20.6. The number of methoxy groups -OCH3 is 1. The molecule has 1 atom stereocenters. The highest BCUT2D eigenvalue weighted by atomic mass is 19.1. The molecule has 0 fully saturated rings. The number of aliphatic hydroxyl groups is 1. The number of aliphatic hydroxyl groups excluding tert-OH is 1. The summed E-state index contributed by atoms with van der Waals surface area (Å²) in [5, 5.41) is 14.3. The quantitative estimate of drug-likeness (QED) is 0.920. The molecule has 0 bridgehead atoms. The average Bonchev–Trinajstić information content (AvgIpc) is 2.72. The molecule has 102 valence electrons. The second-order valence-corrected chi connectivity index (χ2v) is 4.46. The summed E-state index contributed by atoms with van der Waals surface area (Å²) in [6, 6.07) is 4.91. The van der Waals surface area contributed by atoms with Gasteiger partial charge in [0.05, 0.1) is 19.4 Å². The van der Waals surface area contributed by atoms with Gasteiger partial charge in [0, 0.05) is 24.7 Å². The van der Waals surface area contributed by atoms with Gasteiger partial charge >= 0.3 is 0 Å². The van der Waals surface area contributed by atoms with Crippen molar-refractivity contribution < 1.29 is 14.2 Å². The van der Waals surface area contributed by atoms with Crippen LogP contribution in [0.15, 0.2) is 24.4 Å². The first-order valence-electron chi connectivity index (χ1n) is 6.02. The van der Waals surface area contributed by atoms with Gasteiger partial charge in [0.1, 0.15) is 0 Å². The van der Waals surface area contributed by atoms with Gasteiger partial charge in [-0.05, 0) is 18.6 Å². The van der Waals surface area contributed by atoms with Crippen molar-refractivity contribution in [3.8, 4) is 5.75 Å². The van der Waals surface area contributed by atoms with Crippen LogP contribution in [0.2, 0.25) is 0 Å². The first kappa shape index (κ1) is 13.5. The van der Waals surface area contributed by atoms with Gasteiger partial charge in [-0.25, -0.2) is 4.39 Å². The van der Waals surface area contributed by atoms with Crippen molar-refractivity contribution >= 4 is 0 Å². The zero-order chi connectivity index (χ0) is 14.0. The van der Waals surface area contributed by atoms with E-state index in [1.54, 1.807) is 36.1 Å². The highest BCUT2D eigenvalue weighted by molar-refractivity contribution is 5.32. The number of ether oxygens (including phenoxy) is 1. The number of benzene rings is 1. The van der Waals surface area contributed by atoms with Gasteiger partial charge in [0.15, 0.2) is 11.6 Å². The Morgan fingerprint density at radius 2 is 2.21 bits per heavy atom. The normalized spacial score (nSPS) is 12.5. The second-order valence-electron chi connectivity index (χ2n) is 4.46. The van der Waals surface area contributed by atoms with E-state index in [9.17, 15) is 9.50 Å². The fourth-order valence-electron chi connectivity index (χ4n) is 2.03. The molecule has 5 heteroatoms. The Kier molecular flexibility index (Phi) is 3.85. The number of rotatable bonds is 4. The molecule has 2 aromatic rings. The zero-order valence-electron chi connectivity index (χ0n) is 11.2. The summed E-state index contributed by atoms with van der Waals surface area (Å²) in [6.45, 7) is 1.87. The highest BCUT2D eigenvalue weighted by Crippen LogP contribution is 2.26. The molecule has 4 nitrogen and oxygen atoms in total. The SMILES string of the molecule is COc1cccc(CC(O)c2cnn(C)c2C)c1F. The summed E-state index contributed by atoms with van der Waals surface area (Å²) in [5.41, 5.74) is 2.01. The number of nitrogens with zero attached hydrogens (tertiary/aromatic N) is 2. The molecule has 0 aliphatic rings. The molecule has 0 aliphatic heterocycles. The lowest BCUT2D eigenvalue weighted by atomic mass is 10.0. The van der Waals surface area contributed by atoms with E-state index in [4.69, 9.17) is 4.74 Å². The van der Waals surface area contributed by atoms with Crippen molar-refractivity contribution in [1.29, 1.82) is 0 Å². The maximum atomic E-state index is 14.0. The Morgan fingerprint density at radius 1 is 1.47 bits per heavy atom. The van der Waals surface area contributed by atoms with Gasteiger partial charge in [0.2, 0.25) is 0 Å². The summed E-state index contributed by atoms with van der Waals surface area (Å²) >= 11 is 0. The maximum Gasteiger partial charge on any atom is 0.168 e. The molecular formula is C14H17FN2O2. The Bertz CT molecular complexity index is 581. The molecule has 0 aliphatic carbocycles. The summed E-state index contributed by atoms with van der Waals surface area (Å²) in [6.07, 6.45) is 1.02. The molecule has 0 amide bonds. The van der Waals surface area contributed by atoms with E-state index >= 15 is 0 Å². The number of aryl methyl sites for hydroxylation is 1. The van der Waals surface area contributed by atoms with E-state index in [1.165, 1.54) is 7.11 Å². The van der Waals surface area contributed by atoms with Crippen molar-refractivity contribution in [3.05, 3.63) is 47.0 Å². The fourth-order valence-corrected chi connectivity index (χ4v) is 2.03. The van der Waals surface area contributed by atoms with Gasteiger partial charge in [-0.1, -0.05) is 12.1 Å². The lowest BCUT2D eigenvalue weighted by Crippen LogP contribution is -2.06. The maximum absolute atomic E-state index is 14.0. The molecule has 1 aromatic carbocycles. The number of halogens is 1. The van der Waals surface area contributed by atoms with Crippen LogP contribution in [0.25, 0.3) is 0 Å². The van der Waals surface area contributed by atoms with Crippen LogP contribution in [-0.4, -0.2) is 22.0 Å². The van der Waals surface area contributed by atoms with Crippen molar-refractivity contribution in [2.45, 2.75) is 19.4 Å². The van der Waals surface area contributed by atoms with Crippen molar-refractivity contribution in [2.24, 2.45) is 7.05 Å². The molecule has 0 spiro atoms. The van der Waals surface area contributed by atoms with Gasteiger partial charge in [0.25, 0.3) is 0 Å². The average molecular weight is 264 g/mol. The van der Waals surface area contributed by atoms with Crippen LogP contribution in [0.4, 0.5) is 4.39 Å². The predicted octanol–water partition coefficient (Wildman–Crippen LogP) is 2.15. The van der Waals surface area contributed by atoms with Crippen LogP contribution in [-0.2, 0) is 13.5 Å². The minimum absolute atomic E-state index is 0.188. The molecule has 2 rings (SSSR count). The van der Waals surface area contributed by atoms with E-state index < -0.39 is 11.9 Å².